The van der Waals surface area contributed by atoms with Crippen molar-refractivity contribution in [2.45, 2.75) is 26.3 Å². The molecule has 1 aliphatic rings. The SMILES string of the molecule is CC(C(=O)NCc1cc[nH]c1)C1CC1. The maximum Gasteiger partial charge on any atom is 0.223 e. The van der Waals surface area contributed by atoms with E-state index in [9.17, 15) is 4.79 Å². The number of H-pyrrole nitrogens is 1. The van der Waals surface area contributed by atoms with Crippen molar-refractivity contribution in [1.29, 1.82) is 0 Å². The minimum Gasteiger partial charge on any atom is -0.367 e. The minimum atomic E-state index is 0.189. The summed E-state index contributed by atoms with van der Waals surface area (Å²) in [5.74, 6) is 1.02. The first kappa shape index (κ1) is 9.31. The standard InChI is InChI=1S/C11H16N2O/c1-8(10-2-3-10)11(14)13-7-9-4-5-12-6-9/h4-6,8,10,12H,2-3,7H2,1H3,(H,13,14). The maximum atomic E-state index is 11.6. The molecule has 1 aromatic heterocycles. The molecule has 1 aromatic rings. The Kier molecular flexibility index (Phi) is 2.57. The molecule has 1 unspecified atom stereocenters. The number of hydrogen-bond donors (Lipinski definition) is 2. The van der Waals surface area contributed by atoms with E-state index in [1.165, 1.54) is 12.8 Å². The van der Waals surface area contributed by atoms with E-state index in [0.717, 1.165) is 5.56 Å². The summed E-state index contributed by atoms with van der Waals surface area (Å²) in [6.07, 6.45) is 6.21. The van der Waals surface area contributed by atoms with Crippen LogP contribution >= 0.6 is 0 Å². The van der Waals surface area contributed by atoms with Crippen LogP contribution < -0.4 is 5.32 Å². The normalized spacial score (nSPS) is 17.8. The fourth-order valence-electron chi connectivity index (χ4n) is 1.63. The summed E-state index contributed by atoms with van der Waals surface area (Å²) in [5, 5.41) is 2.95. The van der Waals surface area contributed by atoms with Crippen LogP contribution in [-0.4, -0.2) is 10.9 Å². The van der Waals surface area contributed by atoms with E-state index in [1.807, 2.05) is 25.4 Å². The molecule has 3 heteroatoms. The van der Waals surface area contributed by atoms with Crippen molar-refractivity contribution >= 4 is 5.91 Å². The summed E-state index contributed by atoms with van der Waals surface area (Å²) in [6.45, 7) is 2.66. The van der Waals surface area contributed by atoms with Crippen LogP contribution in [0.1, 0.15) is 25.3 Å². The van der Waals surface area contributed by atoms with Crippen molar-refractivity contribution in [3.8, 4) is 0 Å². The second-order valence-corrected chi connectivity index (χ2v) is 4.06. The summed E-state index contributed by atoms with van der Waals surface area (Å²) < 4.78 is 0. The molecule has 0 aliphatic heterocycles. The quantitative estimate of drug-likeness (QED) is 0.749. The lowest BCUT2D eigenvalue weighted by atomic mass is 10.1. The highest BCUT2D eigenvalue weighted by molar-refractivity contribution is 5.78. The number of nitrogens with one attached hydrogen (secondary N) is 2. The molecule has 14 heavy (non-hydrogen) atoms. The molecular weight excluding hydrogens is 176 g/mol. The van der Waals surface area contributed by atoms with Crippen LogP contribution in [0.25, 0.3) is 0 Å². The first-order valence-corrected chi connectivity index (χ1v) is 5.17. The third-order valence-corrected chi connectivity index (χ3v) is 2.87. The molecule has 1 saturated carbocycles. The molecule has 0 radical (unpaired) electrons. The molecule has 1 atom stereocenters. The van der Waals surface area contributed by atoms with Crippen molar-refractivity contribution in [2.75, 3.05) is 0 Å². The number of amides is 1. The maximum absolute atomic E-state index is 11.6. The van der Waals surface area contributed by atoms with Crippen molar-refractivity contribution in [1.82, 2.24) is 10.3 Å². The van der Waals surface area contributed by atoms with Crippen molar-refractivity contribution in [3.63, 3.8) is 0 Å². The monoisotopic (exact) mass is 192 g/mol. The molecule has 2 rings (SSSR count). The van der Waals surface area contributed by atoms with Gasteiger partial charge in [0, 0.05) is 24.9 Å². The molecule has 0 saturated heterocycles. The second kappa shape index (κ2) is 3.86. The third-order valence-electron chi connectivity index (χ3n) is 2.87. The van der Waals surface area contributed by atoms with E-state index in [0.29, 0.717) is 12.5 Å². The molecule has 3 nitrogen and oxygen atoms in total. The molecule has 0 aromatic carbocycles. The van der Waals surface area contributed by atoms with Gasteiger partial charge in [-0.2, -0.15) is 0 Å². The van der Waals surface area contributed by atoms with E-state index in [2.05, 4.69) is 10.3 Å². The van der Waals surface area contributed by atoms with Crippen LogP contribution in [0.15, 0.2) is 18.5 Å². The van der Waals surface area contributed by atoms with Gasteiger partial charge in [0.15, 0.2) is 0 Å². The van der Waals surface area contributed by atoms with Gasteiger partial charge >= 0.3 is 0 Å². The Hall–Kier alpha value is -1.25. The summed E-state index contributed by atoms with van der Waals surface area (Å²) in [7, 11) is 0. The van der Waals surface area contributed by atoms with Crippen LogP contribution in [0.3, 0.4) is 0 Å². The van der Waals surface area contributed by atoms with Crippen molar-refractivity contribution < 1.29 is 4.79 Å². The van der Waals surface area contributed by atoms with Gasteiger partial charge in [-0.15, -0.1) is 0 Å². The third kappa shape index (κ3) is 2.16. The molecule has 1 amide bonds. The summed E-state index contributed by atoms with van der Waals surface area (Å²) in [4.78, 5) is 14.6. The van der Waals surface area contributed by atoms with E-state index in [1.54, 1.807) is 0 Å². The van der Waals surface area contributed by atoms with Gasteiger partial charge in [-0.05, 0) is 30.4 Å². The van der Waals surface area contributed by atoms with E-state index >= 15 is 0 Å². The highest BCUT2D eigenvalue weighted by atomic mass is 16.1. The molecule has 76 valence electrons. The Bertz CT molecular complexity index is 301. The van der Waals surface area contributed by atoms with E-state index < -0.39 is 0 Å². The number of aromatic amines is 1. The van der Waals surface area contributed by atoms with Crippen LogP contribution in [0.5, 0.6) is 0 Å². The first-order chi connectivity index (χ1) is 6.77. The zero-order chi connectivity index (χ0) is 9.97. The fourth-order valence-corrected chi connectivity index (χ4v) is 1.63. The minimum absolute atomic E-state index is 0.189. The van der Waals surface area contributed by atoms with E-state index in [4.69, 9.17) is 0 Å². The number of hydrogen-bond acceptors (Lipinski definition) is 1. The van der Waals surface area contributed by atoms with Gasteiger partial charge in [0.1, 0.15) is 0 Å². The highest BCUT2D eigenvalue weighted by Gasteiger charge is 2.32. The van der Waals surface area contributed by atoms with Crippen LogP contribution in [0, 0.1) is 11.8 Å². The lowest BCUT2D eigenvalue weighted by Gasteiger charge is -2.09. The average Bonchev–Trinajstić information content (AvgIpc) is 2.91. The van der Waals surface area contributed by atoms with Crippen molar-refractivity contribution in [2.24, 2.45) is 11.8 Å². The van der Waals surface area contributed by atoms with Crippen LogP contribution in [0.2, 0.25) is 0 Å². The zero-order valence-corrected chi connectivity index (χ0v) is 8.42. The van der Waals surface area contributed by atoms with Crippen LogP contribution in [-0.2, 0) is 11.3 Å². The lowest BCUT2D eigenvalue weighted by Crippen LogP contribution is -2.29. The highest BCUT2D eigenvalue weighted by Crippen LogP contribution is 2.36. The second-order valence-electron chi connectivity index (χ2n) is 4.06. The molecule has 2 N–H and O–H groups in total. The Balaban J connectivity index is 1.77. The van der Waals surface area contributed by atoms with Gasteiger partial charge in [0.25, 0.3) is 0 Å². The summed E-state index contributed by atoms with van der Waals surface area (Å²) >= 11 is 0. The predicted octanol–water partition coefficient (Wildman–Crippen LogP) is 1.68. The topological polar surface area (TPSA) is 44.9 Å². The molecule has 1 heterocycles. The Morgan fingerprint density at radius 1 is 1.71 bits per heavy atom. The summed E-state index contributed by atoms with van der Waals surface area (Å²) in [6, 6.07) is 1.97. The van der Waals surface area contributed by atoms with Crippen LogP contribution in [0.4, 0.5) is 0 Å². The average molecular weight is 192 g/mol. The molecule has 0 spiro atoms. The summed E-state index contributed by atoms with van der Waals surface area (Å²) in [5.41, 5.74) is 1.13. The first-order valence-electron chi connectivity index (χ1n) is 5.17. The van der Waals surface area contributed by atoms with Gasteiger partial charge in [0.05, 0.1) is 0 Å². The predicted molar refractivity (Wildman–Crippen MR) is 54.5 cm³/mol. The number of carbonyl (C=O) groups excluding carboxylic acids is 1. The lowest BCUT2D eigenvalue weighted by molar-refractivity contribution is -0.125. The van der Waals surface area contributed by atoms with Crippen molar-refractivity contribution in [3.05, 3.63) is 24.0 Å². The number of aromatic nitrogens is 1. The Morgan fingerprint density at radius 3 is 3.07 bits per heavy atom. The molecular formula is C11H16N2O. The molecule has 1 aliphatic carbocycles. The van der Waals surface area contributed by atoms with Gasteiger partial charge in [-0.3, -0.25) is 4.79 Å². The molecule has 1 fully saturated rings. The number of rotatable bonds is 4. The van der Waals surface area contributed by atoms with E-state index in [-0.39, 0.29) is 11.8 Å². The Labute approximate surface area is 83.9 Å². The fraction of sp³-hybridized carbons (Fsp3) is 0.545. The smallest absolute Gasteiger partial charge is 0.223 e. The Morgan fingerprint density at radius 2 is 2.50 bits per heavy atom. The largest absolute Gasteiger partial charge is 0.367 e. The van der Waals surface area contributed by atoms with Gasteiger partial charge in [-0.25, -0.2) is 0 Å². The van der Waals surface area contributed by atoms with Gasteiger partial charge in [-0.1, -0.05) is 6.92 Å². The number of carbonyl (C=O) groups is 1. The van der Waals surface area contributed by atoms with Gasteiger partial charge < -0.3 is 10.3 Å². The van der Waals surface area contributed by atoms with Gasteiger partial charge in [0.2, 0.25) is 5.91 Å². The molecule has 0 bridgehead atoms. The zero-order valence-electron chi connectivity index (χ0n) is 8.42.